The molecule has 11 heteroatoms. The fourth-order valence-electron chi connectivity index (χ4n) is 2.78. The van der Waals surface area contributed by atoms with Gasteiger partial charge in [-0.25, -0.2) is 19.2 Å². The lowest BCUT2D eigenvalue weighted by Gasteiger charge is -2.37. The van der Waals surface area contributed by atoms with Gasteiger partial charge < -0.3 is 14.8 Å². The second kappa shape index (κ2) is 5.95. The van der Waals surface area contributed by atoms with E-state index in [0.29, 0.717) is 13.1 Å². The smallest absolute Gasteiger partial charge is 0.341 e. The monoisotopic (exact) mass is 375 g/mol. The minimum absolute atomic E-state index is 0.00339. The van der Waals surface area contributed by atoms with Crippen LogP contribution in [0.2, 0.25) is 0 Å². The topological polar surface area (TPSA) is 118 Å². The third-order valence-corrected chi connectivity index (χ3v) is 4.77. The van der Waals surface area contributed by atoms with E-state index in [0.717, 1.165) is 30.1 Å². The number of fused-ring (bicyclic) bond motifs is 1. The van der Waals surface area contributed by atoms with Gasteiger partial charge in [0.2, 0.25) is 10.6 Å². The van der Waals surface area contributed by atoms with Gasteiger partial charge in [0.05, 0.1) is 5.39 Å². The molecule has 1 aliphatic rings. The number of hydrogen-bond acceptors (Lipinski definition) is 8. The van der Waals surface area contributed by atoms with Crippen molar-refractivity contribution in [1.29, 1.82) is 0 Å². The summed E-state index contributed by atoms with van der Waals surface area (Å²) in [7, 11) is 0. The number of aldehydes is 1. The van der Waals surface area contributed by atoms with Gasteiger partial charge >= 0.3 is 5.97 Å². The Morgan fingerprint density at radius 2 is 2.19 bits per heavy atom. The minimum Gasteiger partial charge on any atom is -0.477 e. The average molecular weight is 375 g/mol. The van der Waals surface area contributed by atoms with Crippen LogP contribution in [0.3, 0.4) is 0 Å². The maximum Gasteiger partial charge on any atom is 0.341 e. The van der Waals surface area contributed by atoms with E-state index in [-0.39, 0.29) is 27.9 Å². The Hall–Kier alpha value is -3.21. The second-order valence-electron chi connectivity index (χ2n) is 5.74. The average Bonchev–Trinajstić information content (AvgIpc) is 3.09. The summed E-state index contributed by atoms with van der Waals surface area (Å²) >= 11 is 0.973. The summed E-state index contributed by atoms with van der Waals surface area (Å²) in [5.74, 6) is -2.38. The molecule has 0 saturated carbocycles. The van der Waals surface area contributed by atoms with Gasteiger partial charge in [0.15, 0.2) is 17.3 Å². The Morgan fingerprint density at radius 1 is 1.42 bits per heavy atom. The lowest BCUT2D eigenvalue weighted by atomic mass is 10.0. The number of aromatic carboxylic acids is 1. The molecule has 1 aliphatic heterocycles. The van der Waals surface area contributed by atoms with E-state index in [9.17, 15) is 23.9 Å². The van der Waals surface area contributed by atoms with Gasteiger partial charge in [-0.05, 0) is 6.07 Å². The van der Waals surface area contributed by atoms with Gasteiger partial charge in [0, 0.05) is 36.7 Å². The van der Waals surface area contributed by atoms with Crippen molar-refractivity contribution in [3.8, 4) is 5.13 Å². The van der Waals surface area contributed by atoms with Gasteiger partial charge in [0.1, 0.15) is 18.2 Å². The molecule has 0 bridgehead atoms. The molecule has 4 rings (SSSR count). The highest BCUT2D eigenvalue weighted by Crippen LogP contribution is 2.28. The Kier molecular flexibility index (Phi) is 3.72. The number of halogens is 1. The fraction of sp³-hybridized carbons (Fsp3) is 0.200. The van der Waals surface area contributed by atoms with Crippen LogP contribution in [-0.4, -0.2) is 49.4 Å². The van der Waals surface area contributed by atoms with Crippen LogP contribution in [-0.2, 0) is 4.79 Å². The van der Waals surface area contributed by atoms with E-state index < -0.39 is 22.8 Å². The first-order chi connectivity index (χ1) is 12.5. The van der Waals surface area contributed by atoms with Crippen molar-refractivity contribution in [2.45, 2.75) is 0 Å². The molecular weight excluding hydrogens is 365 g/mol. The van der Waals surface area contributed by atoms with Gasteiger partial charge in [-0.2, -0.15) is 4.37 Å². The summed E-state index contributed by atoms with van der Waals surface area (Å²) in [6.45, 7) is 0.657. The van der Waals surface area contributed by atoms with E-state index >= 15 is 0 Å². The molecule has 0 aromatic carbocycles. The van der Waals surface area contributed by atoms with Crippen molar-refractivity contribution in [3.05, 3.63) is 40.2 Å². The molecule has 0 spiro atoms. The summed E-state index contributed by atoms with van der Waals surface area (Å²) in [6.07, 6.45) is 3.18. The summed E-state index contributed by atoms with van der Waals surface area (Å²) < 4.78 is 19.7. The van der Waals surface area contributed by atoms with Gasteiger partial charge in [-0.3, -0.25) is 9.36 Å². The predicted molar refractivity (Wildman–Crippen MR) is 89.5 cm³/mol. The van der Waals surface area contributed by atoms with E-state index in [1.807, 2.05) is 0 Å². The molecule has 1 N–H and O–H groups in total. The number of hydrogen-bond donors (Lipinski definition) is 1. The zero-order valence-electron chi connectivity index (χ0n) is 13.0. The van der Waals surface area contributed by atoms with Crippen molar-refractivity contribution in [2.24, 2.45) is 5.92 Å². The van der Waals surface area contributed by atoms with Crippen LogP contribution in [0.25, 0.3) is 16.2 Å². The van der Waals surface area contributed by atoms with Gasteiger partial charge in [-0.15, -0.1) is 0 Å². The van der Waals surface area contributed by atoms with Crippen molar-refractivity contribution in [2.75, 3.05) is 18.0 Å². The van der Waals surface area contributed by atoms with E-state index in [2.05, 4.69) is 14.3 Å². The lowest BCUT2D eigenvalue weighted by Crippen LogP contribution is -2.48. The van der Waals surface area contributed by atoms with Crippen LogP contribution in [0, 0.1) is 11.7 Å². The molecule has 3 aromatic rings. The quantitative estimate of drug-likeness (QED) is 0.663. The summed E-state index contributed by atoms with van der Waals surface area (Å²) in [6, 6.07) is 0.970. The number of aromatic nitrogens is 4. The van der Waals surface area contributed by atoms with Crippen LogP contribution in [0.1, 0.15) is 10.4 Å². The zero-order valence-corrected chi connectivity index (χ0v) is 13.8. The third kappa shape index (κ3) is 2.44. The SMILES string of the molecule is O=CC1CN(c2nc3c(cc2F)c(=O)c(C(=O)O)cn3-c2ncns2)C1. The number of carboxylic acid groups (broad SMARTS) is 1. The molecule has 9 nitrogen and oxygen atoms in total. The fourth-order valence-corrected chi connectivity index (χ4v) is 3.29. The molecule has 0 radical (unpaired) electrons. The number of anilines is 1. The highest BCUT2D eigenvalue weighted by molar-refractivity contribution is 7.08. The van der Waals surface area contributed by atoms with E-state index in [4.69, 9.17) is 0 Å². The first-order valence-electron chi connectivity index (χ1n) is 7.46. The first kappa shape index (κ1) is 16.3. The van der Waals surface area contributed by atoms with Crippen molar-refractivity contribution >= 4 is 40.6 Å². The predicted octanol–water partition coefficient (Wildman–Crippen LogP) is 0.710. The molecule has 26 heavy (non-hydrogen) atoms. The lowest BCUT2D eigenvalue weighted by molar-refractivity contribution is -0.111. The van der Waals surface area contributed by atoms with Crippen LogP contribution in [0.5, 0.6) is 0 Å². The number of rotatable bonds is 4. The zero-order chi connectivity index (χ0) is 18.4. The van der Waals surface area contributed by atoms with Crippen LogP contribution in [0.15, 0.2) is 23.4 Å². The molecule has 1 saturated heterocycles. The third-order valence-electron chi connectivity index (χ3n) is 4.10. The minimum atomic E-state index is -1.43. The maximum absolute atomic E-state index is 14.5. The Bertz CT molecular complexity index is 1090. The molecule has 0 amide bonds. The highest BCUT2D eigenvalue weighted by Gasteiger charge is 2.30. The Balaban J connectivity index is 1.98. The summed E-state index contributed by atoms with van der Waals surface area (Å²) in [4.78, 5) is 44.4. The molecule has 132 valence electrons. The number of carbonyl (C=O) groups excluding carboxylic acids is 1. The standard InChI is InChI=1S/C15H10FN5O4S/c16-10-1-8-11(23)9(14(24)25)4-21(15-17-6-18-26-15)12(8)19-13(10)20-2-7(3-20)5-22/h1,4-7H,2-3H2,(H,24,25). The molecule has 0 unspecified atom stereocenters. The maximum atomic E-state index is 14.5. The molecule has 1 fully saturated rings. The van der Waals surface area contributed by atoms with Crippen LogP contribution in [0.4, 0.5) is 10.2 Å². The highest BCUT2D eigenvalue weighted by atomic mass is 32.1. The largest absolute Gasteiger partial charge is 0.477 e. The molecule has 0 atom stereocenters. The number of nitrogens with zero attached hydrogens (tertiary/aromatic N) is 5. The molecule has 4 heterocycles. The molecular formula is C15H10FN5O4S. The van der Waals surface area contributed by atoms with Crippen molar-refractivity contribution in [1.82, 2.24) is 18.9 Å². The Morgan fingerprint density at radius 3 is 2.81 bits per heavy atom. The molecule has 3 aromatic heterocycles. The Labute approximate surface area is 148 Å². The van der Waals surface area contributed by atoms with Gasteiger partial charge in [-0.1, -0.05) is 0 Å². The summed E-state index contributed by atoms with van der Waals surface area (Å²) in [5, 5.41) is 9.38. The molecule has 0 aliphatic carbocycles. The normalized spacial score (nSPS) is 14.4. The van der Waals surface area contributed by atoms with E-state index in [1.165, 1.54) is 10.9 Å². The first-order valence-corrected chi connectivity index (χ1v) is 8.23. The van der Waals surface area contributed by atoms with Crippen molar-refractivity contribution < 1.29 is 19.1 Å². The van der Waals surface area contributed by atoms with Crippen molar-refractivity contribution in [3.63, 3.8) is 0 Å². The second-order valence-corrected chi connectivity index (χ2v) is 6.50. The number of carbonyl (C=O) groups is 2. The summed E-state index contributed by atoms with van der Waals surface area (Å²) in [5.41, 5.74) is -1.28. The van der Waals surface area contributed by atoms with Crippen LogP contribution >= 0.6 is 11.5 Å². The van der Waals surface area contributed by atoms with Gasteiger partial charge in [0.25, 0.3) is 0 Å². The number of pyridine rings is 2. The van der Waals surface area contributed by atoms with Crippen LogP contribution < -0.4 is 10.3 Å². The number of carboxylic acids is 1. The van der Waals surface area contributed by atoms with E-state index in [1.54, 1.807) is 4.90 Å².